The molecule has 0 aromatic heterocycles. The lowest BCUT2D eigenvalue weighted by molar-refractivity contribution is -0.140. The Labute approximate surface area is 121 Å². The number of nitrogens with one attached hydrogen (secondary N) is 1. The number of carboxylic acids is 1. The molecule has 0 radical (unpaired) electrons. The van der Waals surface area contributed by atoms with Gasteiger partial charge in [-0.1, -0.05) is 45.9 Å². The number of para-hydroxylation sites is 1. The third-order valence-electron chi connectivity index (χ3n) is 3.04. The van der Waals surface area contributed by atoms with Gasteiger partial charge in [0, 0.05) is 0 Å². The van der Waals surface area contributed by atoms with Crippen molar-refractivity contribution in [2.75, 3.05) is 13.2 Å². The number of ether oxygens (including phenoxy) is 1. The topological polar surface area (TPSA) is 58.6 Å². The van der Waals surface area contributed by atoms with E-state index in [4.69, 9.17) is 9.84 Å². The molecule has 0 spiro atoms. The second-order valence-electron chi connectivity index (χ2n) is 5.90. The van der Waals surface area contributed by atoms with E-state index in [0.29, 0.717) is 6.54 Å². The molecule has 0 amide bonds. The molecule has 112 valence electrons. The molecule has 0 aliphatic heterocycles. The Balaban J connectivity index is 2.75. The average molecular weight is 279 g/mol. The normalized spacial score (nSPS) is 13.0. The predicted octanol–water partition coefficient (Wildman–Crippen LogP) is 2.82. The van der Waals surface area contributed by atoms with Crippen molar-refractivity contribution in [2.45, 2.75) is 45.6 Å². The molecule has 1 atom stereocenters. The standard InChI is InChI=1S/C16H25NO3/c1-5-10-17-13(15(18)19)11-20-14-9-7-6-8-12(14)16(2,3)4/h6-9,13,17H,5,10-11H2,1-4H3,(H,18,19). The van der Waals surface area contributed by atoms with Gasteiger partial charge in [0.1, 0.15) is 18.4 Å². The third kappa shape index (κ3) is 4.85. The smallest absolute Gasteiger partial charge is 0.324 e. The van der Waals surface area contributed by atoms with Crippen LogP contribution in [0, 0.1) is 0 Å². The molecule has 1 aromatic rings. The molecular formula is C16H25NO3. The van der Waals surface area contributed by atoms with Crippen LogP contribution < -0.4 is 10.1 Å². The zero-order valence-electron chi connectivity index (χ0n) is 12.8. The van der Waals surface area contributed by atoms with Gasteiger partial charge in [-0.15, -0.1) is 0 Å². The molecule has 0 fully saturated rings. The summed E-state index contributed by atoms with van der Waals surface area (Å²) in [4.78, 5) is 11.2. The van der Waals surface area contributed by atoms with Crippen LogP contribution in [0.1, 0.15) is 39.7 Å². The number of hydrogen-bond donors (Lipinski definition) is 2. The van der Waals surface area contributed by atoms with Crippen LogP contribution in [0.2, 0.25) is 0 Å². The van der Waals surface area contributed by atoms with E-state index in [-0.39, 0.29) is 12.0 Å². The van der Waals surface area contributed by atoms with Crippen LogP contribution >= 0.6 is 0 Å². The second kappa shape index (κ2) is 7.29. The Morgan fingerprint density at radius 2 is 2.00 bits per heavy atom. The fraction of sp³-hybridized carbons (Fsp3) is 0.562. The van der Waals surface area contributed by atoms with Gasteiger partial charge < -0.3 is 15.2 Å². The van der Waals surface area contributed by atoms with Crippen molar-refractivity contribution in [2.24, 2.45) is 0 Å². The van der Waals surface area contributed by atoms with Crippen molar-refractivity contribution in [1.82, 2.24) is 5.32 Å². The van der Waals surface area contributed by atoms with Crippen LogP contribution in [0.4, 0.5) is 0 Å². The van der Waals surface area contributed by atoms with Crippen LogP contribution in [0.15, 0.2) is 24.3 Å². The van der Waals surface area contributed by atoms with E-state index in [9.17, 15) is 4.79 Å². The molecule has 4 heteroatoms. The molecular weight excluding hydrogens is 254 g/mol. The minimum absolute atomic E-state index is 0.0356. The molecule has 0 bridgehead atoms. The molecule has 0 aliphatic carbocycles. The highest BCUT2D eigenvalue weighted by Crippen LogP contribution is 2.30. The van der Waals surface area contributed by atoms with Crippen molar-refractivity contribution < 1.29 is 14.6 Å². The quantitative estimate of drug-likeness (QED) is 0.806. The lowest BCUT2D eigenvalue weighted by atomic mass is 9.86. The van der Waals surface area contributed by atoms with Gasteiger partial charge in [0.25, 0.3) is 0 Å². The minimum atomic E-state index is -0.883. The van der Waals surface area contributed by atoms with Crippen molar-refractivity contribution in [3.63, 3.8) is 0 Å². The number of rotatable bonds is 7. The second-order valence-corrected chi connectivity index (χ2v) is 5.90. The summed E-state index contributed by atoms with van der Waals surface area (Å²) >= 11 is 0. The molecule has 1 aromatic carbocycles. The van der Waals surface area contributed by atoms with Crippen molar-refractivity contribution in [1.29, 1.82) is 0 Å². The summed E-state index contributed by atoms with van der Waals surface area (Å²) in [5.74, 6) is -0.128. The van der Waals surface area contributed by atoms with E-state index >= 15 is 0 Å². The Hall–Kier alpha value is -1.55. The number of hydrogen-bond acceptors (Lipinski definition) is 3. The molecule has 20 heavy (non-hydrogen) atoms. The van der Waals surface area contributed by atoms with Crippen LogP contribution in [0.5, 0.6) is 5.75 Å². The highest BCUT2D eigenvalue weighted by atomic mass is 16.5. The largest absolute Gasteiger partial charge is 0.491 e. The van der Waals surface area contributed by atoms with E-state index in [2.05, 4.69) is 26.1 Å². The Morgan fingerprint density at radius 3 is 2.55 bits per heavy atom. The predicted molar refractivity (Wildman–Crippen MR) is 80.4 cm³/mol. The van der Waals surface area contributed by atoms with Gasteiger partial charge in [-0.25, -0.2) is 0 Å². The van der Waals surface area contributed by atoms with Gasteiger partial charge in [0.2, 0.25) is 0 Å². The molecule has 0 aliphatic rings. The van der Waals surface area contributed by atoms with Crippen molar-refractivity contribution >= 4 is 5.97 Å². The zero-order chi connectivity index (χ0) is 15.2. The van der Waals surface area contributed by atoms with E-state index in [1.54, 1.807) is 0 Å². The van der Waals surface area contributed by atoms with E-state index in [1.807, 2.05) is 31.2 Å². The minimum Gasteiger partial charge on any atom is -0.491 e. The van der Waals surface area contributed by atoms with E-state index in [0.717, 1.165) is 17.7 Å². The first-order valence-electron chi connectivity index (χ1n) is 7.04. The number of carbonyl (C=O) groups is 1. The molecule has 2 N–H and O–H groups in total. The Bertz CT molecular complexity index is 438. The Morgan fingerprint density at radius 1 is 1.35 bits per heavy atom. The molecule has 4 nitrogen and oxygen atoms in total. The SMILES string of the molecule is CCCNC(COc1ccccc1C(C)(C)C)C(=O)O. The van der Waals surface area contributed by atoms with Gasteiger partial charge in [-0.05, 0) is 30.0 Å². The fourth-order valence-electron chi connectivity index (χ4n) is 1.92. The molecule has 0 saturated heterocycles. The van der Waals surface area contributed by atoms with Gasteiger partial charge in [0.15, 0.2) is 0 Å². The first kappa shape index (κ1) is 16.5. The van der Waals surface area contributed by atoms with Gasteiger partial charge in [0.05, 0.1) is 0 Å². The summed E-state index contributed by atoms with van der Waals surface area (Å²) in [5, 5.41) is 12.1. The van der Waals surface area contributed by atoms with Gasteiger partial charge >= 0.3 is 5.97 Å². The summed E-state index contributed by atoms with van der Waals surface area (Å²) in [6.45, 7) is 9.13. The zero-order valence-corrected chi connectivity index (χ0v) is 12.8. The first-order valence-corrected chi connectivity index (χ1v) is 7.04. The fourth-order valence-corrected chi connectivity index (χ4v) is 1.92. The molecule has 0 heterocycles. The highest BCUT2D eigenvalue weighted by Gasteiger charge is 2.21. The van der Waals surface area contributed by atoms with E-state index in [1.165, 1.54) is 0 Å². The Kier molecular flexibility index (Phi) is 6.02. The third-order valence-corrected chi connectivity index (χ3v) is 3.04. The van der Waals surface area contributed by atoms with Gasteiger partial charge in [-0.2, -0.15) is 0 Å². The number of carboxylic acid groups (broad SMARTS) is 1. The van der Waals surface area contributed by atoms with Crippen LogP contribution in [-0.4, -0.2) is 30.3 Å². The van der Waals surface area contributed by atoms with Crippen LogP contribution in [-0.2, 0) is 10.2 Å². The monoisotopic (exact) mass is 279 g/mol. The number of aliphatic carboxylic acids is 1. The molecule has 1 rings (SSSR count). The van der Waals surface area contributed by atoms with Gasteiger partial charge in [-0.3, -0.25) is 4.79 Å². The lowest BCUT2D eigenvalue weighted by Crippen LogP contribution is -2.42. The highest BCUT2D eigenvalue weighted by molar-refractivity contribution is 5.73. The summed E-state index contributed by atoms with van der Waals surface area (Å²) in [6, 6.07) is 7.10. The summed E-state index contributed by atoms with van der Waals surface area (Å²) in [7, 11) is 0. The summed E-state index contributed by atoms with van der Waals surface area (Å²) in [5.41, 5.74) is 1.05. The van der Waals surface area contributed by atoms with Crippen molar-refractivity contribution in [3.8, 4) is 5.75 Å². The summed E-state index contributed by atoms with van der Waals surface area (Å²) < 4.78 is 5.74. The van der Waals surface area contributed by atoms with Crippen molar-refractivity contribution in [3.05, 3.63) is 29.8 Å². The van der Waals surface area contributed by atoms with Crippen LogP contribution in [0.3, 0.4) is 0 Å². The molecule has 1 unspecified atom stereocenters. The first-order chi connectivity index (χ1) is 9.36. The average Bonchev–Trinajstić information content (AvgIpc) is 2.37. The van der Waals surface area contributed by atoms with Crippen LogP contribution in [0.25, 0.3) is 0 Å². The maximum Gasteiger partial charge on any atom is 0.324 e. The molecule has 0 saturated carbocycles. The summed E-state index contributed by atoms with van der Waals surface area (Å²) in [6.07, 6.45) is 0.891. The number of benzene rings is 1. The lowest BCUT2D eigenvalue weighted by Gasteiger charge is -2.23. The maximum absolute atomic E-state index is 11.2. The maximum atomic E-state index is 11.2. The van der Waals surface area contributed by atoms with E-state index < -0.39 is 12.0 Å².